The van der Waals surface area contributed by atoms with Gasteiger partial charge in [0.15, 0.2) is 11.5 Å². The number of piperazine rings is 1. The molecule has 0 unspecified atom stereocenters. The predicted octanol–water partition coefficient (Wildman–Crippen LogP) is 4.67. The number of aromatic nitrogens is 4. The molecular formula is C29H27FN6O. The summed E-state index contributed by atoms with van der Waals surface area (Å²) in [4.78, 5) is 22.3. The van der Waals surface area contributed by atoms with Crippen molar-refractivity contribution in [1.29, 1.82) is 0 Å². The second-order valence-corrected chi connectivity index (χ2v) is 9.61. The highest BCUT2D eigenvalue weighted by Gasteiger charge is 2.30. The van der Waals surface area contributed by atoms with Gasteiger partial charge in [-0.3, -0.25) is 4.79 Å². The molecule has 1 amide bonds. The smallest absolute Gasteiger partial charge is 0.227 e. The average Bonchev–Trinajstić information content (AvgIpc) is 3.35. The second kappa shape index (κ2) is 9.28. The molecule has 0 N–H and O–H groups in total. The fourth-order valence-corrected chi connectivity index (χ4v) is 5.16. The minimum Gasteiger partial charge on any atom is -0.338 e. The molecule has 0 radical (unpaired) electrons. The van der Waals surface area contributed by atoms with Crippen LogP contribution in [0.4, 0.5) is 10.3 Å². The van der Waals surface area contributed by atoms with Crippen molar-refractivity contribution in [2.45, 2.75) is 26.3 Å². The van der Waals surface area contributed by atoms with Crippen molar-refractivity contribution in [3.63, 3.8) is 0 Å². The Morgan fingerprint density at radius 2 is 1.73 bits per heavy atom. The van der Waals surface area contributed by atoms with Crippen molar-refractivity contribution in [3.05, 3.63) is 89.7 Å². The molecule has 1 saturated heterocycles. The molecule has 0 aliphatic carbocycles. The molecule has 1 fully saturated rings. The standard InChI is InChI=1S/C29H27FN6O/c1-19-7-3-4-8-23(19)27-32-33-28-24-9-5-6-10-25(24)31-29(36(27)28)34-15-16-35(20(2)18-34)26(37)17-21-11-13-22(30)14-12-21/h3-14,20H,15-18H2,1-2H3/t20-/m1/s1. The zero-order valence-corrected chi connectivity index (χ0v) is 20.8. The molecule has 1 aliphatic heterocycles. The molecule has 3 heterocycles. The maximum Gasteiger partial charge on any atom is 0.227 e. The Bertz CT molecular complexity index is 1610. The van der Waals surface area contributed by atoms with E-state index in [1.54, 1.807) is 12.1 Å². The molecule has 1 aliphatic rings. The monoisotopic (exact) mass is 494 g/mol. The van der Waals surface area contributed by atoms with E-state index < -0.39 is 0 Å². The van der Waals surface area contributed by atoms with Crippen LogP contribution in [0.25, 0.3) is 27.9 Å². The first-order valence-corrected chi connectivity index (χ1v) is 12.5. The van der Waals surface area contributed by atoms with Gasteiger partial charge in [-0.1, -0.05) is 48.5 Å². The summed E-state index contributed by atoms with van der Waals surface area (Å²) in [5.74, 6) is 1.27. The van der Waals surface area contributed by atoms with Crippen LogP contribution < -0.4 is 4.90 Å². The number of amides is 1. The summed E-state index contributed by atoms with van der Waals surface area (Å²) in [6, 6.07) is 22.2. The number of anilines is 1. The molecule has 2 aromatic heterocycles. The first-order chi connectivity index (χ1) is 18.0. The Morgan fingerprint density at radius 3 is 2.51 bits per heavy atom. The quantitative estimate of drug-likeness (QED) is 0.363. The summed E-state index contributed by atoms with van der Waals surface area (Å²) in [5.41, 5.74) is 4.55. The Balaban J connectivity index is 1.36. The van der Waals surface area contributed by atoms with Gasteiger partial charge >= 0.3 is 0 Å². The number of rotatable bonds is 4. The third-order valence-electron chi connectivity index (χ3n) is 7.11. The topological polar surface area (TPSA) is 66.6 Å². The highest BCUT2D eigenvalue weighted by atomic mass is 19.1. The maximum absolute atomic E-state index is 13.3. The van der Waals surface area contributed by atoms with Gasteiger partial charge in [-0.2, -0.15) is 0 Å². The lowest BCUT2D eigenvalue weighted by molar-refractivity contribution is -0.132. The van der Waals surface area contributed by atoms with E-state index >= 15 is 0 Å². The highest BCUT2D eigenvalue weighted by molar-refractivity contribution is 5.93. The lowest BCUT2D eigenvalue weighted by Gasteiger charge is -2.40. The van der Waals surface area contributed by atoms with Crippen LogP contribution in [0.5, 0.6) is 0 Å². The fourth-order valence-electron chi connectivity index (χ4n) is 5.16. The van der Waals surface area contributed by atoms with Crippen molar-refractivity contribution in [2.75, 3.05) is 24.5 Å². The largest absolute Gasteiger partial charge is 0.338 e. The number of hydrogen-bond acceptors (Lipinski definition) is 5. The molecule has 186 valence electrons. The van der Waals surface area contributed by atoms with E-state index in [1.165, 1.54) is 12.1 Å². The minimum absolute atomic E-state index is 0.0246. The number of carbonyl (C=O) groups is 1. The highest BCUT2D eigenvalue weighted by Crippen LogP contribution is 2.30. The summed E-state index contributed by atoms with van der Waals surface area (Å²) in [6.45, 7) is 5.95. The van der Waals surface area contributed by atoms with Crippen LogP contribution in [0.3, 0.4) is 0 Å². The Morgan fingerprint density at radius 1 is 0.973 bits per heavy atom. The van der Waals surface area contributed by atoms with Gasteiger partial charge in [0, 0.05) is 36.6 Å². The summed E-state index contributed by atoms with van der Waals surface area (Å²) in [6.07, 6.45) is 0.256. The molecule has 8 heteroatoms. The van der Waals surface area contributed by atoms with Crippen LogP contribution in [-0.4, -0.2) is 56.1 Å². The number of hydrogen-bond donors (Lipinski definition) is 0. The Hall–Kier alpha value is -4.33. The van der Waals surface area contributed by atoms with Crippen molar-refractivity contribution in [3.8, 4) is 11.4 Å². The van der Waals surface area contributed by atoms with Crippen LogP contribution in [0.2, 0.25) is 0 Å². The molecule has 5 aromatic rings. The van der Waals surface area contributed by atoms with Gasteiger partial charge in [-0.15, -0.1) is 10.2 Å². The number of para-hydroxylation sites is 1. The van der Waals surface area contributed by atoms with Gasteiger partial charge in [0.25, 0.3) is 0 Å². The van der Waals surface area contributed by atoms with Crippen LogP contribution in [0.15, 0.2) is 72.8 Å². The summed E-state index contributed by atoms with van der Waals surface area (Å²) >= 11 is 0. The number of fused-ring (bicyclic) bond motifs is 3. The summed E-state index contributed by atoms with van der Waals surface area (Å²) in [7, 11) is 0. The Labute approximate surface area is 214 Å². The first-order valence-electron chi connectivity index (χ1n) is 12.5. The first kappa shape index (κ1) is 23.1. The number of benzene rings is 3. The van der Waals surface area contributed by atoms with E-state index in [-0.39, 0.29) is 24.2 Å². The molecule has 37 heavy (non-hydrogen) atoms. The molecule has 1 atom stereocenters. The second-order valence-electron chi connectivity index (χ2n) is 9.61. The SMILES string of the molecule is Cc1ccccc1-c1nnc2c3ccccc3nc(N3CCN(C(=O)Cc4ccc(F)cc4)[C@H](C)C3)n12. The zero-order chi connectivity index (χ0) is 25.5. The van der Waals surface area contributed by atoms with E-state index in [4.69, 9.17) is 4.98 Å². The van der Waals surface area contributed by atoms with Crippen LogP contribution in [0.1, 0.15) is 18.1 Å². The maximum atomic E-state index is 13.3. The van der Waals surface area contributed by atoms with Crippen molar-refractivity contribution in [2.24, 2.45) is 0 Å². The lowest BCUT2D eigenvalue weighted by Crippen LogP contribution is -2.55. The van der Waals surface area contributed by atoms with E-state index in [0.29, 0.717) is 19.6 Å². The molecule has 3 aromatic carbocycles. The van der Waals surface area contributed by atoms with Gasteiger partial charge in [-0.25, -0.2) is 13.8 Å². The number of aryl methyl sites for hydroxylation is 1. The summed E-state index contributed by atoms with van der Waals surface area (Å²) < 4.78 is 15.3. The van der Waals surface area contributed by atoms with Crippen molar-refractivity contribution < 1.29 is 9.18 Å². The zero-order valence-electron chi connectivity index (χ0n) is 20.8. The van der Waals surface area contributed by atoms with E-state index in [9.17, 15) is 9.18 Å². The predicted molar refractivity (Wildman–Crippen MR) is 142 cm³/mol. The van der Waals surface area contributed by atoms with Crippen molar-refractivity contribution >= 4 is 28.4 Å². The fraction of sp³-hybridized carbons (Fsp3) is 0.241. The third-order valence-corrected chi connectivity index (χ3v) is 7.11. The van der Waals surface area contributed by atoms with Gasteiger partial charge < -0.3 is 9.80 Å². The normalized spacial score (nSPS) is 16.0. The molecule has 0 spiro atoms. The van der Waals surface area contributed by atoms with E-state index in [0.717, 1.165) is 45.0 Å². The number of halogens is 1. The van der Waals surface area contributed by atoms with Gasteiger partial charge in [0.05, 0.1) is 11.9 Å². The van der Waals surface area contributed by atoms with Crippen molar-refractivity contribution in [1.82, 2.24) is 24.5 Å². The molecule has 0 bridgehead atoms. The summed E-state index contributed by atoms with van der Waals surface area (Å²) in [5, 5.41) is 10.1. The number of nitrogens with zero attached hydrogens (tertiary/aromatic N) is 6. The van der Waals surface area contributed by atoms with Crippen LogP contribution in [0, 0.1) is 12.7 Å². The molecule has 7 nitrogen and oxygen atoms in total. The molecule has 0 saturated carbocycles. The minimum atomic E-state index is -0.300. The molecule has 6 rings (SSSR count). The van der Waals surface area contributed by atoms with Crippen LogP contribution in [-0.2, 0) is 11.2 Å². The Kier molecular flexibility index (Phi) is 5.79. The third kappa shape index (κ3) is 4.18. The van der Waals surface area contributed by atoms with E-state index in [1.807, 2.05) is 45.7 Å². The lowest BCUT2D eigenvalue weighted by atomic mass is 10.1. The van der Waals surface area contributed by atoms with E-state index in [2.05, 4.69) is 41.1 Å². The number of carbonyl (C=O) groups excluding carboxylic acids is 1. The van der Waals surface area contributed by atoms with Crippen LogP contribution >= 0.6 is 0 Å². The van der Waals surface area contributed by atoms with Gasteiger partial charge in [-0.05, 0) is 49.2 Å². The van der Waals surface area contributed by atoms with Gasteiger partial charge in [0.1, 0.15) is 5.82 Å². The molecular weight excluding hydrogens is 467 g/mol. The average molecular weight is 495 g/mol. The van der Waals surface area contributed by atoms with Gasteiger partial charge in [0.2, 0.25) is 11.9 Å².